The largest absolute Gasteiger partial charge is 0.490 e. The van der Waals surface area contributed by atoms with Gasteiger partial charge in [-0.15, -0.1) is 0 Å². The van der Waals surface area contributed by atoms with E-state index >= 15 is 0 Å². The molecule has 1 saturated carbocycles. The highest BCUT2D eigenvalue weighted by Gasteiger charge is 2.31. The summed E-state index contributed by atoms with van der Waals surface area (Å²) in [7, 11) is 1.80. The number of hydrogen-bond donors (Lipinski definition) is 2. The van der Waals surface area contributed by atoms with Crippen molar-refractivity contribution in [2.45, 2.75) is 96.8 Å². The number of ether oxygens (including phenoxy) is 2. The van der Waals surface area contributed by atoms with E-state index in [1.807, 2.05) is 51.1 Å². The van der Waals surface area contributed by atoms with E-state index in [0.29, 0.717) is 43.1 Å². The first-order chi connectivity index (χ1) is 22.2. The predicted octanol–water partition coefficient (Wildman–Crippen LogP) is 5.70. The van der Waals surface area contributed by atoms with Gasteiger partial charge in [-0.25, -0.2) is 0 Å². The summed E-state index contributed by atoms with van der Waals surface area (Å²) in [5, 5.41) is 13.3. The van der Waals surface area contributed by atoms with Gasteiger partial charge in [0.15, 0.2) is 0 Å². The summed E-state index contributed by atoms with van der Waals surface area (Å²) in [5.41, 5.74) is 1.87. The summed E-state index contributed by atoms with van der Waals surface area (Å²) in [6, 6.07) is 14.5. The summed E-state index contributed by atoms with van der Waals surface area (Å²) in [6.07, 6.45) is 7.39. The highest BCUT2D eigenvalue weighted by molar-refractivity contribution is 6.00. The summed E-state index contributed by atoms with van der Waals surface area (Å²) in [4.78, 5) is 43.9. The first kappa shape index (κ1) is 35.4. The zero-order valence-corrected chi connectivity index (χ0v) is 28.1. The summed E-state index contributed by atoms with van der Waals surface area (Å²) >= 11 is 0. The van der Waals surface area contributed by atoms with Crippen molar-refractivity contribution in [3.8, 4) is 5.75 Å². The molecule has 1 aliphatic heterocycles. The van der Waals surface area contributed by atoms with E-state index in [4.69, 9.17) is 9.47 Å². The van der Waals surface area contributed by atoms with Crippen molar-refractivity contribution in [2.75, 3.05) is 38.7 Å². The zero-order chi connectivity index (χ0) is 33.1. The molecule has 9 heteroatoms. The van der Waals surface area contributed by atoms with Gasteiger partial charge in [-0.3, -0.25) is 14.4 Å². The van der Waals surface area contributed by atoms with Crippen LogP contribution in [0.1, 0.15) is 88.1 Å². The van der Waals surface area contributed by atoms with Crippen LogP contribution in [0.25, 0.3) is 0 Å². The molecular weight excluding hydrogens is 582 g/mol. The fourth-order valence-electron chi connectivity index (χ4n) is 6.35. The summed E-state index contributed by atoms with van der Waals surface area (Å²) in [6.45, 7) is 6.84. The molecule has 0 radical (unpaired) electrons. The van der Waals surface area contributed by atoms with E-state index in [0.717, 1.165) is 56.9 Å². The number of hydrogen-bond acceptors (Lipinski definition) is 6. The molecule has 2 N–H and O–H groups in total. The second-order valence-corrected chi connectivity index (χ2v) is 13.3. The van der Waals surface area contributed by atoms with Crippen molar-refractivity contribution in [1.82, 2.24) is 9.80 Å². The minimum Gasteiger partial charge on any atom is -0.490 e. The third-order valence-electron chi connectivity index (χ3n) is 9.37. The molecule has 0 unspecified atom stereocenters. The zero-order valence-electron chi connectivity index (χ0n) is 28.1. The van der Waals surface area contributed by atoms with E-state index in [2.05, 4.69) is 5.32 Å². The number of nitrogens with one attached hydrogen (secondary N) is 1. The van der Waals surface area contributed by atoms with Crippen molar-refractivity contribution in [1.29, 1.82) is 0 Å². The van der Waals surface area contributed by atoms with Gasteiger partial charge in [0.2, 0.25) is 11.8 Å². The van der Waals surface area contributed by atoms with Crippen LogP contribution in [0.3, 0.4) is 0 Å². The highest BCUT2D eigenvalue weighted by atomic mass is 16.5. The number of carbonyl (C=O) groups is 3. The number of aliphatic hydroxyl groups is 1. The summed E-state index contributed by atoms with van der Waals surface area (Å²) in [5.74, 6) is 0.00468. The van der Waals surface area contributed by atoms with Crippen LogP contribution in [0.15, 0.2) is 48.5 Å². The van der Waals surface area contributed by atoms with E-state index in [-0.39, 0.29) is 48.4 Å². The number of fused-ring (bicyclic) bond motifs is 1. The number of benzene rings is 2. The molecule has 1 heterocycles. The van der Waals surface area contributed by atoms with Gasteiger partial charge >= 0.3 is 0 Å². The van der Waals surface area contributed by atoms with Crippen LogP contribution in [0, 0.1) is 11.8 Å². The molecule has 4 atom stereocenters. The highest BCUT2D eigenvalue weighted by Crippen LogP contribution is 2.30. The van der Waals surface area contributed by atoms with Crippen molar-refractivity contribution in [2.24, 2.45) is 11.8 Å². The molecule has 2 aromatic rings. The van der Waals surface area contributed by atoms with Gasteiger partial charge in [0.25, 0.3) is 5.91 Å². The second kappa shape index (κ2) is 17.5. The molecule has 9 nitrogen and oxygen atoms in total. The molecule has 4 rings (SSSR count). The van der Waals surface area contributed by atoms with Crippen LogP contribution in [0.2, 0.25) is 0 Å². The normalized spacial score (nSPS) is 22.6. The Kier molecular flexibility index (Phi) is 13.5. The average molecular weight is 636 g/mol. The van der Waals surface area contributed by atoms with Gasteiger partial charge in [-0.2, -0.15) is 0 Å². The Labute approximate surface area is 274 Å². The lowest BCUT2D eigenvalue weighted by molar-refractivity contribution is -0.132. The van der Waals surface area contributed by atoms with E-state index in [1.54, 1.807) is 35.0 Å². The predicted molar refractivity (Wildman–Crippen MR) is 180 cm³/mol. The number of aliphatic hydroxyl groups excluding tert-OH is 1. The molecule has 0 spiro atoms. The first-order valence-electron chi connectivity index (χ1n) is 17.1. The molecule has 2 aromatic carbocycles. The molecule has 252 valence electrons. The molecule has 46 heavy (non-hydrogen) atoms. The van der Waals surface area contributed by atoms with E-state index < -0.39 is 6.04 Å². The fraction of sp³-hybridized carbons (Fsp3) is 0.595. The van der Waals surface area contributed by atoms with Gasteiger partial charge in [0.1, 0.15) is 5.75 Å². The number of amides is 3. The summed E-state index contributed by atoms with van der Waals surface area (Å²) < 4.78 is 12.7. The van der Waals surface area contributed by atoms with Crippen LogP contribution in [0.4, 0.5) is 5.69 Å². The molecule has 0 saturated heterocycles. The number of rotatable bonds is 8. The van der Waals surface area contributed by atoms with Gasteiger partial charge in [-0.05, 0) is 69.7 Å². The van der Waals surface area contributed by atoms with Crippen molar-refractivity contribution >= 4 is 23.4 Å². The minimum absolute atomic E-state index is 0.000710. The van der Waals surface area contributed by atoms with Crippen molar-refractivity contribution in [3.05, 3.63) is 59.7 Å². The lowest BCUT2D eigenvalue weighted by Crippen LogP contribution is -2.48. The van der Waals surface area contributed by atoms with Crippen LogP contribution >= 0.6 is 0 Å². The second-order valence-electron chi connectivity index (χ2n) is 13.3. The Bertz CT molecular complexity index is 1280. The van der Waals surface area contributed by atoms with Crippen molar-refractivity contribution < 1.29 is 29.0 Å². The fourth-order valence-corrected chi connectivity index (χ4v) is 6.35. The molecular formula is C37H53N3O6. The Morgan fingerprint density at radius 3 is 2.46 bits per heavy atom. The number of nitrogens with zero attached hydrogens (tertiary/aromatic N) is 2. The molecule has 0 bridgehead atoms. The van der Waals surface area contributed by atoms with Crippen LogP contribution < -0.4 is 10.1 Å². The SMILES string of the molecule is C[C@H](CO)N1C[C@H](C)[C@H](CN(C)C(=O)Cc2ccccc2)OCCCC[C@H](C)Oc2ccc(NC(=O)C3CCCCC3)cc2C1=O. The number of likely N-dealkylation sites (N-methyl/N-ethyl adjacent to an activating group) is 1. The van der Waals surface area contributed by atoms with Crippen LogP contribution in [0.5, 0.6) is 5.75 Å². The number of anilines is 1. The maximum Gasteiger partial charge on any atom is 0.258 e. The first-order valence-corrected chi connectivity index (χ1v) is 17.1. The molecule has 0 aromatic heterocycles. The maximum absolute atomic E-state index is 14.4. The Morgan fingerprint density at radius 1 is 1.02 bits per heavy atom. The van der Waals surface area contributed by atoms with E-state index in [9.17, 15) is 19.5 Å². The lowest BCUT2D eigenvalue weighted by atomic mass is 9.88. The molecule has 2 aliphatic rings. The lowest BCUT2D eigenvalue weighted by Gasteiger charge is -2.36. The van der Waals surface area contributed by atoms with Gasteiger partial charge < -0.3 is 29.7 Å². The number of carbonyl (C=O) groups excluding carboxylic acids is 3. The standard InChI is InChI=1S/C37H53N3O6/c1-26-23-40(27(2)25-41)37(44)32-22-31(38-36(43)30-16-9-6-10-17-30)18-19-33(32)46-28(3)13-11-12-20-45-34(26)24-39(4)35(42)21-29-14-7-5-8-15-29/h5,7-8,14-15,18-19,22,26-28,30,34,41H,6,9-13,16-17,20-21,23-25H2,1-4H3,(H,38,43)/t26-,27+,28-,34-/m0/s1. The monoisotopic (exact) mass is 635 g/mol. The quantitative estimate of drug-likeness (QED) is 0.385. The molecule has 1 fully saturated rings. The van der Waals surface area contributed by atoms with Gasteiger partial charge in [-0.1, -0.05) is 56.5 Å². The van der Waals surface area contributed by atoms with Crippen LogP contribution in [-0.4, -0.2) is 84.2 Å². The smallest absolute Gasteiger partial charge is 0.258 e. The Hall–Kier alpha value is -3.43. The molecule has 3 amide bonds. The van der Waals surface area contributed by atoms with Gasteiger partial charge in [0, 0.05) is 44.3 Å². The Balaban J connectivity index is 1.58. The third-order valence-corrected chi connectivity index (χ3v) is 9.37. The molecule has 1 aliphatic carbocycles. The van der Waals surface area contributed by atoms with E-state index in [1.165, 1.54) is 0 Å². The third kappa shape index (κ3) is 10.0. The van der Waals surface area contributed by atoms with Crippen molar-refractivity contribution in [3.63, 3.8) is 0 Å². The maximum atomic E-state index is 14.4. The van der Waals surface area contributed by atoms with Crippen LogP contribution in [-0.2, 0) is 20.7 Å². The van der Waals surface area contributed by atoms with Gasteiger partial charge in [0.05, 0.1) is 36.8 Å². The average Bonchev–Trinajstić information content (AvgIpc) is 3.06. The Morgan fingerprint density at radius 2 is 1.74 bits per heavy atom. The minimum atomic E-state index is -0.480. The topological polar surface area (TPSA) is 108 Å².